The molecule has 86 valence electrons. The van der Waals surface area contributed by atoms with E-state index in [1.807, 2.05) is 6.92 Å². The molecule has 0 aliphatic heterocycles. The molecule has 0 atom stereocenters. The molecule has 1 N–H and O–H groups in total. The van der Waals surface area contributed by atoms with Crippen LogP contribution in [0.25, 0.3) is 6.08 Å². The molecule has 16 heavy (non-hydrogen) atoms. The predicted molar refractivity (Wildman–Crippen MR) is 60.6 cm³/mol. The molecular formula is C11H13FN2O2. The largest absolute Gasteiger partial charge is 0.316 e. The number of hydrogen-bond donors (Lipinski definition) is 1. The third kappa shape index (κ3) is 3.13. The van der Waals surface area contributed by atoms with Crippen molar-refractivity contribution in [2.75, 3.05) is 13.6 Å². The van der Waals surface area contributed by atoms with Crippen molar-refractivity contribution in [2.24, 2.45) is 0 Å². The lowest BCUT2D eigenvalue weighted by Gasteiger charge is -2.01. The summed E-state index contributed by atoms with van der Waals surface area (Å²) in [4.78, 5) is 9.99. The van der Waals surface area contributed by atoms with Crippen molar-refractivity contribution in [3.05, 3.63) is 45.3 Å². The van der Waals surface area contributed by atoms with E-state index in [1.54, 1.807) is 13.1 Å². The van der Waals surface area contributed by atoms with Crippen LogP contribution in [0.3, 0.4) is 0 Å². The van der Waals surface area contributed by atoms with Crippen LogP contribution >= 0.6 is 0 Å². The molecule has 0 spiro atoms. The second-order valence-electron chi connectivity index (χ2n) is 3.48. The maximum atomic E-state index is 13.3. The van der Waals surface area contributed by atoms with Gasteiger partial charge in [0.2, 0.25) is 0 Å². The SMILES string of the molecule is CNC/C(C)=C/c1cc([N+](=O)[O-])ccc1F. The van der Waals surface area contributed by atoms with Crippen LogP contribution < -0.4 is 5.32 Å². The number of nitro benzene ring substituents is 1. The molecule has 0 heterocycles. The Balaban J connectivity index is 3.07. The standard InChI is InChI=1S/C11H13FN2O2/c1-8(7-13-2)5-9-6-10(14(15)16)3-4-11(9)12/h3-6,13H,7H2,1-2H3/b8-5+. The fourth-order valence-electron chi connectivity index (χ4n) is 1.35. The van der Waals surface area contributed by atoms with Crippen LogP contribution in [0.15, 0.2) is 23.8 Å². The van der Waals surface area contributed by atoms with E-state index in [2.05, 4.69) is 5.32 Å². The molecule has 0 aliphatic carbocycles. The summed E-state index contributed by atoms with van der Waals surface area (Å²) >= 11 is 0. The zero-order chi connectivity index (χ0) is 12.1. The first-order valence-corrected chi connectivity index (χ1v) is 4.80. The quantitative estimate of drug-likeness (QED) is 0.631. The lowest BCUT2D eigenvalue weighted by atomic mass is 10.1. The van der Waals surface area contributed by atoms with Gasteiger partial charge < -0.3 is 5.32 Å². The fourth-order valence-corrected chi connectivity index (χ4v) is 1.35. The van der Waals surface area contributed by atoms with Gasteiger partial charge in [0.25, 0.3) is 5.69 Å². The Hall–Kier alpha value is -1.75. The maximum absolute atomic E-state index is 13.3. The molecule has 4 nitrogen and oxygen atoms in total. The molecule has 1 aromatic carbocycles. The highest BCUT2D eigenvalue weighted by molar-refractivity contribution is 5.56. The minimum atomic E-state index is -0.538. The van der Waals surface area contributed by atoms with Crippen LogP contribution in [0.5, 0.6) is 0 Å². The average Bonchev–Trinajstić information content (AvgIpc) is 2.21. The average molecular weight is 224 g/mol. The van der Waals surface area contributed by atoms with E-state index in [4.69, 9.17) is 0 Å². The van der Waals surface area contributed by atoms with Crippen molar-refractivity contribution in [1.82, 2.24) is 5.32 Å². The van der Waals surface area contributed by atoms with E-state index in [9.17, 15) is 14.5 Å². The summed E-state index contributed by atoms with van der Waals surface area (Å²) in [7, 11) is 1.78. The highest BCUT2D eigenvalue weighted by atomic mass is 19.1. The zero-order valence-electron chi connectivity index (χ0n) is 9.16. The summed E-state index contributed by atoms with van der Waals surface area (Å²) in [6, 6.07) is 3.49. The maximum Gasteiger partial charge on any atom is 0.270 e. The van der Waals surface area contributed by atoms with Gasteiger partial charge in [0.15, 0.2) is 0 Å². The molecule has 0 amide bonds. The number of nitrogens with zero attached hydrogens (tertiary/aromatic N) is 1. The van der Waals surface area contributed by atoms with Gasteiger partial charge in [-0.2, -0.15) is 0 Å². The summed E-state index contributed by atoms with van der Waals surface area (Å²) in [5.74, 6) is -0.457. The molecule has 0 aromatic heterocycles. The lowest BCUT2D eigenvalue weighted by Crippen LogP contribution is -2.08. The van der Waals surface area contributed by atoms with E-state index in [1.165, 1.54) is 6.07 Å². The smallest absolute Gasteiger partial charge is 0.270 e. The summed E-state index contributed by atoms with van der Waals surface area (Å²) in [5.41, 5.74) is 1.04. The predicted octanol–water partition coefficient (Wildman–Crippen LogP) is 2.36. The summed E-state index contributed by atoms with van der Waals surface area (Å²) in [6.45, 7) is 2.44. The Morgan fingerprint density at radius 3 is 2.88 bits per heavy atom. The van der Waals surface area contributed by atoms with Crippen molar-refractivity contribution >= 4 is 11.8 Å². The van der Waals surface area contributed by atoms with Crippen molar-refractivity contribution in [1.29, 1.82) is 0 Å². The summed E-state index contributed by atoms with van der Waals surface area (Å²) < 4.78 is 13.3. The second kappa shape index (κ2) is 5.37. The minimum Gasteiger partial charge on any atom is -0.316 e. The lowest BCUT2D eigenvalue weighted by molar-refractivity contribution is -0.384. The molecule has 5 heteroatoms. The summed E-state index contributed by atoms with van der Waals surface area (Å²) in [6.07, 6.45) is 1.60. The summed E-state index contributed by atoms with van der Waals surface area (Å²) in [5, 5.41) is 13.4. The zero-order valence-corrected chi connectivity index (χ0v) is 9.16. The molecular weight excluding hydrogens is 211 g/mol. The Labute approximate surface area is 92.9 Å². The van der Waals surface area contributed by atoms with E-state index in [-0.39, 0.29) is 11.3 Å². The van der Waals surface area contributed by atoms with Gasteiger partial charge in [-0.15, -0.1) is 0 Å². The van der Waals surface area contributed by atoms with Gasteiger partial charge in [0.1, 0.15) is 5.82 Å². The Kier molecular flexibility index (Phi) is 4.13. The van der Waals surface area contributed by atoms with Crippen LogP contribution in [0.4, 0.5) is 10.1 Å². The number of likely N-dealkylation sites (N-methyl/N-ethyl adjacent to an activating group) is 1. The number of non-ortho nitro benzene ring substituents is 1. The van der Waals surface area contributed by atoms with Gasteiger partial charge in [0, 0.05) is 24.2 Å². The highest BCUT2D eigenvalue weighted by Gasteiger charge is 2.09. The molecule has 0 aliphatic rings. The number of benzene rings is 1. The molecule has 1 rings (SSSR count). The minimum absolute atomic E-state index is 0.107. The molecule has 0 bridgehead atoms. The van der Waals surface area contributed by atoms with Gasteiger partial charge >= 0.3 is 0 Å². The Morgan fingerprint density at radius 2 is 2.31 bits per heavy atom. The first-order valence-electron chi connectivity index (χ1n) is 4.80. The van der Waals surface area contributed by atoms with Gasteiger partial charge in [-0.3, -0.25) is 10.1 Å². The number of hydrogen-bond acceptors (Lipinski definition) is 3. The number of nitro groups is 1. The first-order chi connectivity index (χ1) is 7.54. The van der Waals surface area contributed by atoms with Crippen molar-refractivity contribution in [3.8, 4) is 0 Å². The number of halogens is 1. The molecule has 0 fully saturated rings. The van der Waals surface area contributed by atoms with E-state index in [0.717, 1.165) is 17.7 Å². The van der Waals surface area contributed by atoms with Gasteiger partial charge in [-0.05, 0) is 20.0 Å². The second-order valence-corrected chi connectivity index (χ2v) is 3.48. The molecule has 0 saturated heterocycles. The normalized spacial score (nSPS) is 11.6. The molecule has 0 unspecified atom stereocenters. The van der Waals surface area contributed by atoms with Crippen molar-refractivity contribution in [2.45, 2.75) is 6.92 Å². The van der Waals surface area contributed by atoms with Crippen LogP contribution in [-0.2, 0) is 0 Å². The monoisotopic (exact) mass is 224 g/mol. The number of nitrogens with one attached hydrogen (secondary N) is 1. The van der Waals surface area contributed by atoms with Crippen LogP contribution in [0.1, 0.15) is 12.5 Å². The third-order valence-corrected chi connectivity index (χ3v) is 2.05. The Morgan fingerprint density at radius 1 is 1.62 bits per heavy atom. The van der Waals surface area contributed by atoms with Crippen LogP contribution in [-0.4, -0.2) is 18.5 Å². The Bertz CT molecular complexity index is 430. The molecule has 0 saturated carbocycles. The topological polar surface area (TPSA) is 55.2 Å². The van der Waals surface area contributed by atoms with E-state index < -0.39 is 10.7 Å². The molecule has 1 aromatic rings. The van der Waals surface area contributed by atoms with Crippen molar-refractivity contribution < 1.29 is 9.31 Å². The van der Waals surface area contributed by atoms with Crippen LogP contribution in [0.2, 0.25) is 0 Å². The van der Waals surface area contributed by atoms with Gasteiger partial charge in [0.05, 0.1) is 4.92 Å². The first kappa shape index (κ1) is 12.3. The van der Waals surface area contributed by atoms with Gasteiger partial charge in [-0.25, -0.2) is 4.39 Å². The van der Waals surface area contributed by atoms with E-state index in [0.29, 0.717) is 6.54 Å². The fraction of sp³-hybridized carbons (Fsp3) is 0.273. The van der Waals surface area contributed by atoms with Crippen molar-refractivity contribution in [3.63, 3.8) is 0 Å². The highest BCUT2D eigenvalue weighted by Crippen LogP contribution is 2.19. The van der Waals surface area contributed by atoms with Gasteiger partial charge in [-0.1, -0.05) is 11.6 Å². The van der Waals surface area contributed by atoms with Crippen LogP contribution in [0, 0.1) is 15.9 Å². The number of rotatable bonds is 4. The molecule has 0 radical (unpaired) electrons. The van der Waals surface area contributed by atoms with E-state index >= 15 is 0 Å². The third-order valence-electron chi connectivity index (χ3n) is 2.05.